The number of alkyl halides is 3. The van der Waals surface area contributed by atoms with Crippen molar-refractivity contribution in [3.8, 4) is 5.75 Å². The molecule has 3 N–H and O–H groups in total. The van der Waals surface area contributed by atoms with Crippen molar-refractivity contribution in [2.24, 2.45) is 0 Å². The van der Waals surface area contributed by atoms with E-state index in [2.05, 4.69) is 20.7 Å². The second-order valence-corrected chi connectivity index (χ2v) is 5.71. The average Bonchev–Trinajstić information content (AvgIpc) is 2.44. The number of ether oxygens (including phenoxy) is 1. The molecule has 0 saturated carbocycles. The highest BCUT2D eigenvalue weighted by Gasteiger charge is 2.31. The Morgan fingerprint density at radius 1 is 1.12 bits per heavy atom. The van der Waals surface area contributed by atoms with Crippen molar-refractivity contribution in [2.75, 3.05) is 12.4 Å². The van der Waals surface area contributed by atoms with Crippen molar-refractivity contribution in [2.45, 2.75) is 38.6 Å². The summed E-state index contributed by atoms with van der Waals surface area (Å²) in [6.45, 7) is 3.52. The van der Waals surface area contributed by atoms with Gasteiger partial charge in [0.2, 0.25) is 5.91 Å². The van der Waals surface area contributed by atoms with E-state index in [0.29, 0.717) is 12.1 Å². The first-order chi connectivity index (χ1) is 11.0. The molecule has 24 heavy (non-hydrogen) atoms. The number of nitrogens with one attached hydrogen (secondary N) is 3. The Kier molecular flexibility index (Phi) is 6.44. The standard InChI is InChI=1S/C15H20F3N3O3/c1-14(2,9-8-12(22)19-3)21-13(23)20-10-4-6-11(7-5-10)24-15(16,17)18/h4-7H,8-9H2,1-3H3,(H,19,22)(H2,20,21,23). The highest BCUT2D eigenvalue weighted by molar-refractivity contribution is 5.89. The number of rotatable bonds is 6. The van der Waals surface area contributed by atoms with Gasteiger partial charge in [-0.3, -0.25) is 4.79 Å². The maximum atomic E-state index is 12.1. The van der Waals surface area contributed by atoms with Gasteiger partial charge in [0.1, 0.15) is 5.75 Å². The molecular formula is C15H20F3N3O3. The molecule has 0 aliphatic heterocycles. The van der Waals surface area contributed by atoms with Gasteiger partial charge in [0.15, 0.2) is 0 Å². The summed E-state index contributed by atoms with van der Waals surface area (Å²) in [4.78, 5) is 23.2. The second kappa shape index (κ2) is 7.89. The summed E-state index contributed by atoms with van der Waals surface area (Å²) in [7, 11) is 1.53. The van der Waals surface area contributed by atoms with E-state index in [0.717, 1.165) is 12.1 Å². The maximum Gasteiger partial charge on any atom is 0.573 e. The molecule has 0 atom stereocenters. The molecule has 1 aromatic carbocycles. The minimum atomic E-state index is -4.76. The second-order valence-electron chi connectivity index (χ2n) is 5.71. The number of carbonyl (C=O) groups excluding carboxylic acids is 2. The lowest BCUT2D eigenvalue weighted by Crippen LogP contribution is -2.46. The summed E-state index contributed by atoms with van der Waals surface area (Å²) < 4.78 is 39.9. The molecule has 0 spiro atoms. The largest absolute Gasteiger partial charge is 0.573 e. The lowest BCUT2D eigenvalue weighted by molar-refractivity contribution is -0.274. The average molecular weight is 347 g/mol. The molecule has 0 heterocycles. The third-order valence-electron chi connectivity index (χ3n) is 3.05. The van der Waals surface area contributed by atoms with Crippen LogP contribution in [0, 0.1) is 0 Å². The molecular weight excluding hydrogens is 327 g/mol. The van der Waals surface area contributed by atoms with Gasteiger partial charge in [0, 0.05) is 24.7 Å². The summed E-state index contributed by atoms with van der Waals surface area (Å²) in [5.74, 6) is -0.509. The molecule has 134 valence electrons. The van der Waals surface area contributed by atoms with Crippen molar-refractivity contribution in [1.82, 2.24) is 10.6 Å². The Morgan fingerprint density at radius 3 is 2.21 bits per heavy atom. The number of hydrogen-bond donors (Lipinski definition) is 3. The van der Waals surface area contributed by atoms with Crippen molar-refractivity contribution in [1.29, 1.82) is 0 Å². The van der Waals surface area contributed by atoms with Crippen LogP contribution in [0.4, 0.5) is 23.7 Å². The van der Waals surface area contributed by atoms with E-state index in [4.69, 9.17) is 0 Å². The fourth-order valence-corrected chi connectivity index (χ4v) is 1.82. The molecule has 0 saturated heterocycles. The molecule has 0 bridgehead atoms. The van der Waals surface area contributed by atoms with E-state index in [9.17, 15) is 22.8 Å². The van der Waals surface area contributed by atoms with Gasteiger partial charge < -0.3 is 20.7 Å². The Morgan fingerprint density at radius 2 is 1.71 bits per heavy atom. The number of anilines is 1. The fraction of sp³-hybridized carbons (Fsp3) is 0.467. The third-order valence-corrected chi connectivity index (χ3v) is 3.05. The number of carbonyl (C=O) groups is 2. The van der Waals surface area contributed by atoms with Gasteiger partial charge in [-0.1, -0.05) is 0 Å². The predicted octanol–water partition coefficient (Wildman–Crippen LogP) is 3.01. The van der Waals surface area contributed by atoms with Gasteiger partial charge in [0.05, 0.1) is 0 Å². The van der Waals surface area contributed by atoms with E-state index >= 15 is 0 Å². The van der Waals surface area contributed by atoms with Crippen LogP contribution in [0.25, 0.3) is 0 Å². The highest BCUT2D eigenvalue weighted by atomic mass is 19.4. The lowest BCUT2D eigenvalue weighted by Gasteiger charge is -2.26. The molecule has 0 aromatic heterocycles. The van der Waals surface area contributed by atoms with Crippen LogP contribution in [0.1, 0.15) is 26.7 Å². The Hall–Kier alpha value is -2.45. The van der Waals surface area contributed by atoms with E-state index < -0.39 is 17.9 Å². The van der Waals surface area contributed by atoms with Gasteiger partial charge in [-0.15, -0.1) is 13.2 Å². The van der Waals surface area contributed by atoms with E-state index in [1.54, 1.807) is 13.8 Å². The van der Waals surface area contributed by atoms with Crippen LogP contribution >= 0.6 is 0 Å². The van der Waals surface area contributed by atoms with Gasteiger partial charge in [-0.2, -0.15) is 0 Å². The highest BCUT2D eigenvalue weighted by Crippen LogP contribution is 2.24. The quantitative estimate of drug-likeness (QED) is 0.740. The van der Waals surface area contributed by atoms with E-state index in [-0.39, 0.29) is 18.1 Å². The van der Waals surface area contributed by atoms with E-state index in [1.165, 1.54) is 19.2 Å². The van der Waals surface area contributed by atoms with Crippen LogP contribution < -0.4 is 20.7 Å². The summed E-state index contributed by atoms with van der Waals surface area (Å²) in [5, 5.41) is 7.69. The van der Waals surface area contributed by atoms with Crippen molar-refractivity contribution >= 4 is 17.6 Å². The zero-order chi connectivity index (χ0) is 18.4. The predicted molar refractivity (Wildman–Crippen MR) is 82.7 cm³/mol. The summed E-state index contributed by atoms with van der Waals surface area (Å²) in [6.07, 6.45) is -4.08. The molecule has 0 unspecified atom stereocenters. The minimum absolute atomic E-state index is 0.134. The number of hydrogen-bond acceptors (Lipinski definition) is 3. The van der Waals surface area contributed by atoms with Crippen LogP contribution in [0.15, 0.2) is 24.3 Å². The summed E-state index contributed by atoms with van der Waals surface area (Å²) >= 11 is 0. The number of urea groups is 1. The first-order valence-electron chi connectivity index (χ1n) is 7.16. The van der Waals surface area contributed by atoms with Gasteiger partial charge in [-0.05, 0) is 44.5 Å². The summed E-state index contributed by atoms with van der Waals surface area (Å²) in [6, 6.07) is 4.25. The molecule has 0 aliphatic rings. The van der Waals surface area contributed by atoms with Crippen LogP contribution in [-0.2, 0) is 4.79 Å². The molecule has 0 radical (unpaired) electrons. The molecule has 0 aliphatic carbocycles. The molecule has 1 rings (SSSR count). The first kappa shape index (κ1) is 19.6. The van der Waals surface area contributed by atoms with Crippen molar-refractivity contribution in [3.63, 3.8) is 0 Å². The Bertz CT molecular complexity index is 572. The number of amides is 3. The van der Waals surface area contributed by atoms with Crippen LogP contribution in [0.2, 0.25) is 0 Å². The Labute approximate surface area is 137 Å². The van der Waals surface area contributed by atoms with Gasteiger partial charge >= 0.3 is 12.4 Å². The van der Waals surface area contributed by atoms with Crippen LogP contribution in [-0.4, -0.2) is 30.9 Å². The zero-order valence-electron chi connectivity index (χ0n) is 13.6. The van der Waals surface area contributed by atoms with E-state index in [1.807, 2.05) is 0 Å². The third kappa shape index (κ3) is 7.70. The number of benzene rings is 1. The lowest BCUT2D eigenvalue weighted by atomic mass is 9.98. The van der Waals surface area contributed by atoms with Crippen LogP contribution in [0.3, 0.4) is 0 Å². The smallest absolute Gasteiger partial charge is 0.406 e. The first-order valence-corrected chi connectivity index (χ1v) is 7.16. The minimum Gasteiger partial charge on any atom is -0.406 e. The number of halogens is 3. The maximum absolute atomic E-state index is 12.1. The molecule has 1 aromatic rings. The topological polar surface area (TPSA) is 79.5 Å². The molecule has 3 amide bonds. The normalized spacial score (nSPS) is 11.6. The van der Waals surface area contributed by atoms with Crippen molar-refractivity contribution in [3.05, 3.63) is 24.3 Å². The van der Waals surface area contributed by atoms with Gasteiger partial charge in [0.25, 0.3) is 0 Å². The SMILES string of the molecule is CNC(=O)CCC(C)(C)NC(=O)Nc1ccc(OC(F)(F)F)cc1. The molecule has 0 fully saturated rings. The fourth-order valence-electron chi connectivity index (χ4n) is 1.82. The summed E-state index contributed by atoms with van der Waals surface area (Å²) in [5.41, 5.74) is -0.320. The van der Waals surface area contributed by atoms with Crippen molar-refractivity contribution < 1.29 is 27.5 Å². The monoisotopic (exact) mass is 347 g/mol. The Balaban J connectivity index is 2.53. The van der Waals surface area contributed by atoms with Crippen LogP contribution in [0.5, 0.6) is 5.75 Å². The van der Waals surface area contributed by atoms with Gasteiger partial charge in [-0.25, -0.2) is 4.79 Å². The molecule has 9 heteroatoms. The zero-order valence-corrected chi connectivity index (χ0v) is 13.6. The molecule has 6 nitrogen and oxygen atoms in total.